The third-order valence-corrected chi connectivity index (χ3v) is 12.6. The second-order valence-electron chi connectivity index (χ2n) is 18.7. The SMILES string of the molecule is CCCCCCCCCCC/C=C/C/C=C/CCCC(=O)O[C@H](COC(=O)CCCC/C=C/CCCCCCCCCCC)CO[C@H]1O[C@@H](CO[C@H]2O[C@@H](CO)[C@@H](O)C(O)C2O)[C@@H](O)C(O)C1O. The highest BCUT2D eigenvalue weighted by molar-refractivity contribution is 5.70. The molecule has 2 aliphatic heterocycles. The Bertz CT molecular complexity index is 1330. The van der Waals surface area contributed by atoms with Gasteiger partial charge >= 0.3 is 11.9 Å². The number of allylic oxidation sites excluding steroid dienone is 6. The van der Waals surface area contributed by atoms with Gasteiger partial charge in [0.2, 0.25) is 0 Å². The molecule has 15 nitrogen and oxygen atoms in total. The maximum absolute atomic E-state index is 13.0. The number of hydrogen-bond acceptors (Lipinski definition) is 15. The highest BCUT2D eigenvalue weighted by atomic mass is 16.7. The summed E-state index contributed by atoms with van der Waals surface area (Å²) >= 11 is 0. The fraction of sp³-hybridized carbons (Fsp3) is 0.849. The van der Waals surface area contributed by atoms with E-state index in [-0.39, 0.29) is 19.4 Å². The normalized spacial score (nSPS) is 26.0. The van der Waals surface area contributed by atoms with Crippen molar-refractivity contribution in [3.05, 3.63) is 36.5 Å². The first-order valence-electron chi connectivity index (χ1n) is 26.6. The topological polar surface area (TPSA) is 231 Å². The fourth-order valence-corrected chi connectivity index (χ4v) is 8.19. The monoisotopic (exact) mass is 971 g/mol. The quantitative estimate of drug-likeness (QED) is 0.0177. The van der Waals surface area contributed by atoms with Crippen LogP contribution in [0.3, 0.4) is 0 Å². The van der Waals surface area contributed by atoms with E-state index in [4.69, 9.17) is 28.4 Å². The summed E-state index contributed by atoms with van der Waals surface area (Å²) in [5, 5.41) is 72.1. The van der Waals surface area contributed by atoms with E-state index in [2.05, 4.69) is 44.2 Å². The van der Waals surface area contributed by atoms with Crippen molar-refractivity contribution in [3.63, 3.8) is 0 Å². The van der Waals surface area contributed by atoms with Crippen molar-refractivity contribution >= 4 is 11.9 Å². The number of ether oxygens (including phenoxy) is 6. The number of aliphatic hydroxyl groups excluding tert-OH is 7. The zero-order chi connectivity index (χ0) is 49.6. The molecule has 2 aliphatic rings. The summed E-state index contributed by atoms with van der Waals surface area (Å²) in [5.74, 6) is -1.00. The first-order valence-corrected chi connectivity index (χ1v) is 26.6. The Morgan fingerprint density at radius 2 is 0.897 bits per heavy atom. The molecule has 2 rings (SSSR count). The number of rotatable bonds is 41. The summed E-state index contributed by atoms with van der Waals surface area (Å²) in [6, 6.07) is 0. The fourth-order valence-electron chi connectivity index (χ4n) is 8.19. The van der Waals surface area contributed by atoms with E-state index in [1.165, 1.54) is 116 Å². The van der Waals surface area contributed by atoms with Crippen molar-refractivity contribution in [2.24, 2.45) is 0 Å². The van der Waals surface area contributed by atoms with Crippen molar-refractivity contribution in [1.82, 2.24) is 0 Å². The van der Waals surface area contributed by atoms with Crippen molar-refractivity contribution < 1.29 is 73.8 Å². The molecule has 11 atom stereocenters. The molecular weight excluding hydrogens is 877 g/mol. The third kappa shape index (κ3) is 27.9. The average Bonchev–Trinajstić information content (AvgIpc) is 3.33. The van der Waals surface area contributed by atoms with Gasteiger partial charge in [-0.2, -0.15) is 0 Å². The van der Waals surface area contributed by atoms with Gasteiger partial charge in [0, 0.05) is 12.8 Å². The Labute approximate surface area is 408 Å². The zero-order valence-corrected chi connectivity index (χ0v) is 41.8. The van der Waals surface area contributed by atoms with E-state index < -0.39 is 99.3 Å². The Morgan fingerprint density at radius 3 is 1.43 bits per heavy atom. The maximum atomic E-state index is 13.0. The Hall–Kier alpha value is -2.28. The Morgan fingerprint density at radius 1 is 0.471 bits per heavy atom. The summed E-state index contributed by atoms with van der Waals surface area (Å²) in [6.45, 7) is 2.53. The van der Waals surface area contributed by atoms with Crippen LogP contribution in [0.1, 0.15) is 194 Å². The summed E-state index contributed by atoms with van der Waals surface area (Å²) < 4.78 is 33.5. The molecular formula is C53H94O15. The van der Waals surface area contributed by atoms with Crippen LogP contribution in [0, 0.1) is 0 Å². The molecule has 4 unspecified atom stereocenters. The van der Waals surface area contributed by atoms with Crippen LogP contribution >= 0.6 is 0 Å². The molecule has 0 saturated carbocycles. The molecule has 0 aromatic heterocycles. The highest BCUT2D eigenvalue weighted by Crippen LogP contribution is 2.26. The van der Waals surface area contributed by atoms with Gasteiger partial charge in [-0.15, -0.1) is 0 Å². The van der Waals surface area contributed by atoms with Crippen LogP contribution < -0.4 is 0 Å². The molecule has 7 N–H and O–H groups in total. The predicted molar refractivity (Wildman–Crippen MR) is 261 cm³/mol. The van der Waals surface area contributed by atoms with Gasteiger partial charge in [-0.25, -0.2) is 0 Å². The molecule has 15 heteroatoms. The van der Waals surface area contributed by atoms with Crippen molar-refractivity contribution in [1.29, 1.82) is 0 Å². The molecule has 0 aromatic rings. The number of esters is 2. The predicted octanol–water partition coefficient (Wildman–Crippen LogP) is 7.71. The lowest BCUT2D eigenvalue weighted by Gasteiger charge is -2.42. The van der Waals surface area contributed by atoms with E-state index in [1.54, 1.807) is 0 Å². The van der Waals surface area contributed by atoms with Crippen molar-refractivity contribution in [2.75, 3.05) is 26.4 Å². The Kier molecular flexibility index (Phi) is 36.7. The summed E-state index contributed by atoms with van der Waals surface area (Å²) in [5.41, 5.74) is 0. The van der Waals surface area contributed by atoms with Gasteiger partial charge in [-0.1, -0.05) is 153 Å². The van der Waals surface area contributed by atoms with Crippen LogP contribution in [0.2, 0.25) is 0 Å². The zero-order valence-electron chi connectivity index (χ0n) is 41.8. The molecule has 2 fully saturated rings. The van der Waals surface area contributed by atoms with Gasteiger partial charge in [0.1, 0.15) is 55.4 Å². The second kappa shape index (κ2) is 40.3. The minimum Gasteiger partial charge on any atom is -0.462 e. The molecule has 0 aliphatic carbocycles. The van der Waals surface area contributed by atoms with Crippen LogP contribution in [0.25, 0.3) is 0 Å². The van der Waals surface area contributed by atoms with Gasteiger partial charge < -0.3 is 64.2 Å². The van der Waals surface area contributed by atoms with Gasteiger partial charge in [0.25, 0.3) is 0 Å². The minimum absolute atomic E-state index is 0.0979. The molecule has 396 valence electrons. The number of hydrogen-bond donors (Lipinski definition) is 7. The lowest BCUT2D eigenvalue weighted by molar-refractivity contribution is -0.332. The number of aliphatic hydroxyl groups is 7. The van der Waals surface area contributed by atoms with Crippen LogP contribution in [0.4, 0.5) is 0 Å². The maximum Gasteiger partial charge on any atom is 0.306 e. The molecule has 2 heterocycles. The molecule has 0 aromatic carbocycles. The van der Waals surface area contributed by atoms with Crippen LogP contribution in [-0.4, -0.2) is 142 Å². The van der Waals surface area contributed by atoms with E-state index >= 15 is 0 Å². The van der Waals surface area contributed by atoms with Gasteiger partial charge in [-0.3, -0.25) is 9.59 Å². The van der Waals surface area contributed by atoms with Gasteiger partial charge in [0.05, 0.1) is 19.8 Å². The minimum atomic E-state index is -1.77. The molecule has 0 radical (unpaired) electrons. The van der Waals surface area contributed by atoms with E-state index in [1.807, 2.05) is 6.08 Å². The smallest absolute Gasteiger partial charge is 0.306 e. The largest absolute Gasteiger partial charge is 0.462 e. The highest BCUT2D eigenvalue weighted by Gasteiger charge is 2.47. The Balaban J connectivity index is 1.83. The van der Waals surface area contributed by atoms with Crippen molar-refractivity contribution in [3.8, 4) is 0 Å². The number of unbranched alkanes of at least 4 members (excludes halogenated alkanes) is 21. The van der Waals surface area contributed by atoms with Crippen LogP contribution in [-0.2, 0) is 38.0 Å². The molecule has 2 saturated heterocycles. The first kappa shape index (κ1) is 61.8. The lowest BCUT2D eigenvalue weighted by Crippen LogP contribution is -2.61. The molecule has 0 amide bonds. The van der Waals surface area contributed by atoms with E-state index in [9.17, 15) is 45.3 Å². The van der Waals surface area contributed by atoms with Crippen LogP contribution in [0.5, 0.6) is 0 Å². The van der Waals surface area contributed by atoms with Gasteiger partial charge in [0.15, 0.2) is 18.7 Å². The summed E-state index contributed by atoms with van der Waals surface area (Å²) in [7, 11) is 0. The first-order chi connectivity index (χ1) is 33.0. The average molecular weight is 971 g/mol. The summed E-state index contributed by atoms with van der Waals surface area (Å²) in [6.07, 6.45) is 26.1. The number of carbonyl (C=O) groups is 2. The van der Waals surface area contributed by atoms with Crippen molar-refractivity contribution in [2.45, 2.75) is 261 Å². The third-order valence-electron chi connectivity index (χ3n) is 12.6. The molecule has 0 spiro atoms. The summed E-state index contributed by atoms with van der Waals surface area (Å²) in [4.78, 5) is 25.7. The van der Waals surface area contributed by atoms with E-state index in [0.717, 1.165) is 32.1 Å². The van der Waals surface area contributed by atoms with Gasteiger partial charge in [-0.05, 0) is 64.2 Å². The lowest BCUT2D eigenvalue weighted by atomic mass is 9.98. The number of carbonyl (C=O) groups excluding carboxylic acids is 2. The van der Waals surface area contributed by atoms with Crippen LogP contribution in [0.15, 0.2) is 36.5 Å². The van der Waals surface area contributed by atoms with E-state index in [0.29, 0.717) is 19.3 Å². The second-order valence-corrected chi connectivity index (χ2v) is 18.7. The molecule has 0 bridgehead atoms. The standard InChI is InChI=1S/C53H94O15/c1-3-5-7-9-11-13-15-17-19-20-22-24-26-28-30-32-34-36-45(56)66-41(38-63-44(55)35-33-31-29-27-25-23-21-18-16-14-12-10-8-6-4-2)39-64-52-51(62)49(60)47(58)43(68-52)40-65-53-50(61)48(59)46(57)42(37-54)67-53/h22,24-25,27-28,30,41-43,46-54,57-62H,3-21,23,26,29,31-40H2,1-2H3/b24-22+,27-25+,30-28+/t41-,42+,43+,46-,47-,48?,49?,50?,51?,52+,53+/m1/s1. The molecule has 68 heavy (non-hydrogen) atoms.